The van der Waals surface area contributed by atoms with Gasteiger partial charge >= 0.3 is 0 Å². The number of rotatable bonds is 2. The summed E-state index contributed by atoms with van der Waals surface area (Å²) in [7, 11) is 0. The van der Waals surface area contributed by atoms with Gasteiger partial charge in [-0.1, -0.05) is 0 Å². The van der Waals surface area contributed by atoms with Crippen molar-refractivity contribution in [3.05, 3.63) is 41.5 Å². The van der Waals surface area contributed by atoms with E-state index in [0.717, 1.165) is 17.2 Å². The predicted octanol–water partition coefficient (Wildman–Crippen LogP) is 1.03. The molecule has 2 aromatic rings. The number of amides is 1. The Morgan fingerprint density at radius 3 is 2.81 bits per heavy atom. The maximum absolute atomic E-state index is 12.4. The van der Waals surface area contributed by atoms with Crippen molar-refractivity contribution in [3.8, 4) is 0 Å². The van der Waals surface area contributed by atoms with Crippen molar-refractivity contribution < 1.29 is 9.53 Å². The van der Waals surface area contributed by atoms with Crippen molar-refractivity contribution in [2.24, 2.45) is 0 Å². The van der Waals surface area contributed by atoms with Crippen LogP contribution in [0.15, 0.2) is 18.6 Å². The van der Waals surface area contributed by atoms with Crippen LogP contribution in [0.4, 0.5) is 0 Å². The highest BCUT2D eigenvalue weighted by molar-refractivity contribution is 5.92. The largest absolute Gasteiger partial charge is 0.367 e. The molecule has 110 valence electrons. The lowest BCUT2D eigenvalue weighted by Gasteiger charge is -2.31. The summed E-state index contributed by atoms with van der Waals surface area (Å²) in [5.41, 5.74) is 2.12. The van der Waals surface area contributed by atoms with Gasteiger partial charge in [0.2, 0.25) is 0 Å². The summed E-state index contributed by atoms with van der Waals surface area (Å²) in [6, 6.07) is 0. The molecule has 0 saturated carbocycles. The van der Waals surface area contributed by atoms with Crippen LogP contribution in [-0.2, 0) is 4.74 Å². The van der Waals surface area contributed by atoms with Gasteiger partial charge in [0.25, 0.3) is 5.91 Å². The van der Waals surface area contributed by atoms with Crippen LogP contribution in [0.5, 0.6) is 0 Å². The van der Waals surface area contributed by atoms with Gasteiger partial charge in [0, 0.05) is 24.6 Å². The van der Waals surface area contributed by atoms with Crippen LogP contribution in [0.25, 0.3) is 0 Å². The number of aromatic amines is 1. The third-order valence-corrected chi connectivity index (χ3v) is 3.38. The van der Waals surface area contributed by atoms with E-state index in [1.165, 1.54) is 6.20 Å². The highest BCUT2D eigenvalue weighted by Crippen LogP contribution is 2.20. The van der Waals surface area contributed by atoms with Crippen molar-refractivity contribution in [2.45, 2.75) is 20.0 Å². The average Bonchev–Trinajstić information content (AvgIpc) is 2.94. The molecule has 21 heavy (non-hydrogen) atoms. The van der Waals surface area contributed by atoms with Crippen LogP contribution < -0.4 is 0 Å². The van der Waals surface area contributed by atoms with Crippen LogP contribution in [0.2, 0.25) is 0 Å². The topological polar surface area (TPSA) is 84.0 Å². The Labute approximate surface area is 122 Å². The molecule has 1 fully saturated rings. The van der Waals surface area contributed by atoms with Crippen LogP contribution in [0.1, 0.15) is 33.8 Å². The Hall–Kier alpha value is -2.28. The van der Waals surface area contributed by atoms with Gasteiger partial charge in [0.05, 0.1) is 25.0 Å². The van der Waals surface area contributed by atoms with E-state index in [2.05, 4.69) is 19.9 Å². The maximum Gasteiger partial charge on any atom is 0.274 e. The second kappa shape index (κ2) is 5.61. The molecule has 7 heteroatoms. The first kappa shape index (κ1) is 13.7. The van der Waals surface area contributed by atoms with Gasteiger partial charge in [-0.3, -0.25) is 9.78 Å². The Morgan fingerprint density at radius 2 is 2.14 bits per heavy atom. The SMILES string of the molecule is Cc1cnc(C(=O)N2CCO[C@@H](c3ncc(C)[nH]3)C2)cn1. The molecule has 0 radical (unpaired) electrons. The van der Waals surface area contributed by atoms with E-state index < -0.39 is 0 Å². The highest BCUT2D eigenvalue weighted by atomic mass is 16.5. The van der Waals surface area contributed by atoms with Gasteiger partial charge in [0.15, 0.2) is 0 Å². The average molecular weight is 287 g/mol. The zero-order chi connectivity index (χ0) is 14.8. The second-order valence-corrected chi connectivity index (χ2v) is 5.11. The Morgan fingerprint density at radius 1 is 1.29 bits per heavy atom. The minimum Gasteiger partial charge on any atom is -0.367 e. The lowest BCUT2D eigenvalue weighted by molar-refractivity contribution is -0.0266. The van der Waals surface area contributed by atoms with Crippen LogP contribution in [0, 0.1) is 13.8 Å². The number of imidazole rings is 1. The van der Waals surface area contributed by atoms with Crippen molar-refractivity contribution >= 4 is 5.91 Å². The predicted molar refractivity (Wildman–Crippen MR) is 74.7 cm³/mol. The van der Waals surface area contributed by atoms with E-state index in [1.807, 2.05) is 13.8 Å². The van der Waals surface area contributed by atoms with Gasteiger partial charge in [-0.2, -0.15) is 0 Å². The number of aromatic nitrogens is 4. The highest BCUT2D eigenvalue weighted by Gasteiger charge is 2.28. The maximum atomic E-state index is 12.4. The summed E-state index contributed by atoms with van der Waals surface area (Å²) in [5, 5.41) is 0. The zero-order valence-corrected chi connectivity index (χ0v) is 12.0. The van der Waals surface area contributed by atoms with Gasteiger partial charge < -0.3 is 14.6 Å². The van der Waals surface area contributed by atoms with Gasteiger partial charge in [0.1, 0.15) is 17.6 Å². The molecular weight excluding hydrogens is 270 g/mol. The number of morpholine rings is 1. The molecule has 0 aliphatic carbocycles. The summed E-state index contributed by atoms with van der Waals surface area (Å²) in [6.07, 6.45) is 4.64. The summed E-state index contributed by atoms with van der Waals surface area (Å²) in [6.45, 7) is 5.26. The lowest BCUT2D eigenvalue weighted by Crippen LogP contribution is -2.42. The minimum absolute atomic E-state index is 0.126. The fraction of sp³-hybridized carbons (Fsp3) is 0.429. The molecule has 0 spiro atoms. The van der Waals surface area contributed by atoms with Crippen LogP contribution in [-0.4, -0.2) is 50.4 Å². The third kappa shape index (κ3) is 2.92. The minimum atomic E-state index is -0.227. The molecule has 3 heterocycles. The fourth-order valence-corrected chi connectivity index (χ4v) is 2.26. The van der Waals surface area contributed by atoms with E-state index in [0.29, 0.717) is 25.4 Å². The third-order valence-electron chi connectivity index (χ3n) is 3.38. The van der Waals surface area contributed by atoms with Gasteiger partial charge in [-0.05, 0) is 13.8 Å². The number of carbonyl (C=O) groups excluding carboxylic acids is 1. The molecular formula is C14H17N5O2. The summed E-state index contributed by atoms with van der Waals surface area (Å²) in [4.78, 5) is 29.8. The standard InChI is InChI=1S/C14H17N5O2/c1-9-5-16-11(7-15-9)14(20)19-3-4-21-12(8-19)13-17-6-10(2)18-13/h5-7,12H,3-4,8H2,1-2H3,(H,17,18)/t12-/m1/s1. The van der Waals surface area contributed by atoms with E-state index in [1.54, 1.807) is 17.3 Å². The first-order valence-corrected chi connectivity index (χ1v) is 6.84. The van der Waals surface area contributed by atoms with Crippen molar-refractivity contribution in [3.63, 3.8) is 0 Å². The van der Waals surface area contributed by atoms with Crippen LogP contribution >= 0.6 is 0 Å². The zero-order valence-electron chi connectivity index (χ0n) is 12.0. The summed E-state index contributed by atoms with van der Waals surface area (Å²) < 4.78 is 5.69. The molecule has 1 aliphatic rings. The van der Waals surface area contributed by atoms with Gasteiger partial charge in [-0.15, -0.1) is 0 Å². The smallest absolute Gasteiger partial charge is 0.274 e. The number of H-pyrrole nitrogens is 1. The monoisotopic (exact) mass is 287 g/mol. The Kier molecular flexibility index (Phi) is 3.66. The Bertz CT molecular complexity index is 637. The van der Waals surface area contributed by atoms with Crippen molar-refractivity contribution in [1.82, 2.24) is 24.8 Å². The molecule has 0 aromatic carbocycles. The van der Waals surface area contributed by atoms with E-state index in [9.17, 15) is 4.79 Å². The number of nitrogens with zero attached hydrogens (tertiary/aromatic N) is 4. The number of carbonyl (C=O) groups is 1. The van der Waals surface area contributed by atoms with Crippen molar-refractivity contribution in [1.29, 1.82) is 0 Å². The molecule has 0 bridgehead atoms. The fourth-order valence-electron chi connectivity index (χ4n) is 2.26. The summed E-state index contributed by atoms with van der Waals surface area (Å²) >= 11 is 0. The molecule has 2 aromatic heterocycles. The first-order valence-electron chi connectivity index (χ1n) is 6.84. The number of ether oxygens (including phenoxy) is 1. The molecule has 3 rings (SSSR count). The number of hydrogen-bond acceptors (Lipinski definition) is 5. The second-order valence-electron chi connectivity index (χ2n) is 5.11. The van der Waals surface area contributed by atoms with E-state index in [-0.39, 0.29) is 12.0 Å². The quantitative estimate of drug-likeness (QED) is 0.892. The molecule has 1 amide bonds. The molecule has 7 nitrogen and oxygen atoms in total. The first-order chi connectivity index (χ1) is 10.1. The molecule has 1 saturated heterocycles. The molecule has 0 unspecified atom stereocenters. The number of nitrogens with one attached hydrogen (secondary N) is 1. The summed E-state index contributed by atoms with van der Waals surface area (Å²) in [5.74, 6) is 0.624. The van der Waals surface area contributed by atoms with Gasteiger partial charge in [-0.25, -0.2) is 9.97 Å². The normalized spacial score (nSPS) is 18.8. The molecule has 1 atom stereocenters. The molecule has 1 N–H and O–H groups in total. The molecule has 1 aliphatic heterocycles. The number of hydrogen-bond donors (Lipinski definition) is 1. The lowest BCUT2D eigenvalue weighted by atomic mass is 10.2. The van der Waals surface area contributed by atoms with Crippen molar-refractivity contribution in [2.75, 3.05) is 19.7 Å². The number of aryl methyl sites for hydroxylation is 2. The van der Waals surface area contributed by atoms with E-state index in [4.69, 9.17) is 4.74 Å². The van der Waals surface area contributed by atoms with Crippen LogP contribution in [0.3, 0.4) is 0 Å². The Balaban J connectivity index is 1.73. The van der Waals surface area contributed by atoms with E-state index >= 15 is 0 Å².